The van der Waals surface area contributed by atoms with Gasteiger partial charge >= 0.3 is 12.1 Å². The lowest BCUT2D eigenvalue weighted by Crippen LogP contribution is -2.39. The molecule has 0 saturated heterocycles. The minimum atomic E-state index is -4.82. The van der Waals surface area contributed by atoms with Crippen LogP contribution in [-0.2, 0) is 21.0 Å². The Hall–Kier alpha value is -3.90. The first-order valence-corrected chi connectivity index (χ1v) is 12.6. The summed E-state index contributed by atoms with van der Waals surface area (Å²) in [4.78, 5) is 24.4. The molecule has 1 amide bonds. The van der Waals surface area contributed by atoms with Crippen molar-refractivity contribution in [3.63, 3.8) is 0 Å². The van der Waals surface area contributed by atoms with Crippen LogP contribution in [0.25, 0.3) is 0 Å². The Morgan fingerprint density at radius 1 is 1.05 bits per heavy atom. The Balaban J connectivity index is 1.64. The number of hydrogen-bond donors (Lipinski definition) is 1. The maximum absolute atomic E-state index is 13.2. The summed E-state index contributed by atoms with van der Waals surface area (Å²) in [7, 11) is -4.13. The van der Waals surface area contributed by atoms with E-state index in [0.717, 1.165) is 18.4 Å². The van der Waals surface area contributed by atoms with Crippen LogP contribution in [0.5, 0.6) is 5.75 Å². The number of esters is 1. The number of alkyl halides is 3. The molecule has 194 valence electrons. The molecule has 0 spiro atoms. The van der Waals surface area contributed by atoms with Crippen molar-refractivity contribution in [1.82, 2.24) is 5.43 Å². The molecule has 0 aromatic heterocycles. The van der Waals surface area contributed by atoms with Gasteiger partial charge in [-0.1, -0.05) is 29.8 Å². The van der Waals surface area contributed by atoms with Crippen molar-refractivity contribution < 1.29 is 35.9 Å². The van der Waals surface area contributed by atoms with Gasteiger partial charge in [0.1, 0.15) is 12.3 Å². The van der Waals surface area contributed by atoms with Gasteiger partial charge in [-0.25, -0.2) is 18.6 Å². The second-order valence-corrected chi connectivity index (χ2v) is 9.86. The Labute approximate surface area is 215 Å². The molecule has 0 fully saturated rings. The third kappa shape index (κ3) is 7.79. The number of rotatable bonds is 8. The van der Waals surface area contributed by atoms with Crippen molar-refractivity contribution in [2.45, 2.75) is 6.18 Å². The summed E-state index contributed by atoms with van der Waals surface area (Å²) in [6, 6.07) is 17.0. The minimum Gasteiger partial charge on any atom is -0.423 e. The van der Waals surface area contributed by atoms with E-state index in [4.69, 9.17) is 16.3 Å². The summed E-state index contributed by atoms with van der Waals surface area (Å²) in [5, 5.41) is 3.11. The number of nitrogens with one attached hydrogen (secondary N) is 1. The fourth-order valence-electron chi connectivity index (χ4n) is 2.99. The zero-order valence-electron chi connectivity index (χ0n) is 19.1. The second-order valence-electron chi connectivity index (χ2n) is 7.55. The van der Waals surface area contributed by atoms with Gasteiger partial charge in [-0.05, 0) is 60.2 Å². The molecule has 0 heterocycles. The summed E-state index contributed by atoms with van der Waals surface area (Å²) in [6.45, 7) is -0.830. The zero-order chi connectivity index (χ0) is 27.2. The van der Waals surface area contributed by atoms with Gasteiger partial charge in [0.05, 0.1) is 34.3 Å². The van der Waals surface area contributed by atoms with Gasteiger partial charge in [0.25, 0.3) is 5.91 Å². The van der Waals surface area contributed by atoms with E-state index in [0.29, 0.717) is 21.5 Å². The molecule has 13 heteroatoms. The highest BCUT2D eigenvalue weighted by Crippen LogP contribution is 2.37. The highest BCUT2D eigenvalue weighted by Gasteiger charge is 2.34. The fourth-order valence-corrected chi connectivity index (χ4v) is 4.07. The van der Waals surface area contributed by atoms with Crippen molar-refractivity contribution in [3.05, 3.63) is 94.5 Å². The normalized spacial score (nSPS) is 11.8. The second kappa shape index (κ2) is 11.4. The molecule has 8 nitrogen and oxygen atoms in total. The van der Waals surface area contributed by atoms with E-state index in [1.165, 1.54) is 18.3 Å². The number of carbonyl (C=O) groups excluding carboxylic acids is 2. The molecular formula is C24H19ClF3N3O5S. The van der Waals surface area contributed by atoms with Gasteiger partial charge in [-0.2, -0.15) is 18.3 Å². The lowest BCUT2D eigenvalue weighted by molar-refractivity contribution is -0.137. The highest BCUT2D eigenvalue weighted by atomic mass is 35.5. The summed E-state index contributed by atoms with van der Waals surface area (Å²) < 4.78 is 69.6. The first kappa shape index (κ1) is 27.7. The van der Waals surface area contributed by atoms with Crippen molar-refractivity contribution in [2.75, 3.05) is 17.1 Å². The molecule has 0 saturated carbocycles. The van der Waals surface area contributed by atoms with Crippen LogP contribution in [-0.4, -0.2) is 39.3 Å². The van der Waals surface area contributed by atoms with Gasteiger partial charge in [0.15, 0.2) is 0 Å². The molecule has 3 aromatic carbocycles. The number of benzene rings is 3. The summed E-state index contributed by atoms with van der Waals surface area (Å²) in [5.41, 5.74) is 1.38. The van der Waals surface area contributed by atoms with E-state index in [-0.39, 0.29) is 11.4 Å². The Bertz CT molecular complexity index is 1410. The van der Waals surface area contributed by atoms with Crippen LogP contribution in [0, 0.1) is 0 Å². The van der Waals surface area contributed by atoms with E-state index in [1.807, 2.05) is 0 Å². The topological polar surface area (TPSA) is 105 Å². The predicted molar refractivity (Wildman–Crippen MR) is 132 cm³/mol. The molecule has 0 aliphatic heterocycles. The van der Waals surface area contributed by atoms with Crippen LogP contribution < -0.4 is 14.5 Å². The van der Waals surface area contributed by atoms with Gasteiger partial charge < -0.3 is 4.74 Å². The summed E-state index contributed by atoms with van der Waals surface area (Å²) >= 11 is 5.58. The van der Waals surface area contributed by atoms with Crippen LogP contribution in [0.4, 0.5) is 18.9 Å². The molecule has 3 rings (SSSR count). The smallest absolute Gasteiger partial charge is 0.417 e. The number of sulfonamides is 1. The predicted octanol–water partition coefficient (Wildman–Crippen LogP) is 4.49. The average Bonchev–Trinajstić information content (AvgIpc) is 2.83. The van der Waals surface area contributed by atoms with Gasteiger partial charge in [-0.15, -0.1) is 0 Å². The van der Waals surface area contributed by atoms with Crippen molar-refractivity contribution in [3.8, 4) is 5.75 Å². The molecule has 0 bridgehead atoms. The van der Waals surface area contributed by atoms with E-state index in [9.17, 15) is 31.2 Å². The van der Waals surface area contributed by atoms with Crippen LogP contribution in [0.15, 0.2) is 77.9 Å². The van der Waals surface area contributed by atoms with E-state index < -0.39 is 45.2 Å². The third-order valence-electron chi connectivity index (χ3n) is 4.73. The van der Waals surface area contributed by atoms with Gasteiger partial charge in [0.2, 0.25) is 10.0 Å². The average molecular weight is 554 g/mol. The van der Waals surface area contributed by atoms with Crippen molar-refractivity contribution in [2.24, 2.45) is 5.10 Å². The van der Waals surface area contributed by atoms with E-state index in [2.05, 4.69) is 10.5 Å². The Morgan fingerprint density at radius 2 is 1.70 bits per heavy atom. The number of hydrazone groups is 1. The fraction of sp³-hybridized carbons (Fsp3) is 0.125. The molecular weight excluding hydrogens is 535 g/mol. The molecule has 1 N–H and O–H groups in total. The highest BCUT2D eigenvalue weighted by molar-refractivity contribution is 7.92. The molecule has 0 radical (unpaired) electrons. The zero-order valence-corrected chi connectivity index (χ0v) is 20.6. The lowest BCUT2D eigenvalue weighted by atomic mass is 10.2. The van der Waals surface area contributed by atoms with Crippen LogP contribution >= 0.6 is 11.6 Å². The van der Waals surface area contributed by atoms with Crippen molar-refractivity contribution >= 4 is 45.4 Å². The first-order valence-electron chi connectivity index (χ1n) is 10.4. The molecule has 37 heavy (non-hydrogen) atoms. The number of nitrogens with zero attached hydrogens (tertiary/aromatic N) is 2. The quantitative estimate of drug-likeness (QED) is 0.191. The van der Waals surface area contributed by atoms with Gasteiger partial charge in [0, 0.05) is 0 Å². The summed E-state index contributed by atoms with van der Waals surface area (Å²) in [5.74, 6) is -1.16. The molecule has 3 aromatic rings. The number of amides is 1. The van der Waals surface area contributed by atoms with Crippen LogP contribution in [0.2, 0.25) is 5.02 Å². The monoisotopic (exact) mass is 553 g/mol. The Morgan fingerprint density at radius 3 is 2.30 bits per heavy atom. The van der Waals surface area contributed by atoms with E-state index >= 15 is 0 Å². The van der Waals surface area contributed by atoms with Gasteiger partial charge in [-0.3, -0.25) is 9.10 Å². The standard InChI is InChI=1S/C24H19ClF3N3O5S/c1-37(34,35)31(18-9-12-21(25)20(13-18)24(26,27)28)15-22(32)30-29-14-16-7-10-19(11-8-16)36-23(33)17-5-3-2-4-6-17/h2-14H,15H2,1H3,(H,30,32)/b29-14-. The maximum atomic E-state index is 13.2. The van der Waals surface area contributed by atoms with Crippen LogP contribution in [0.1, 0.15) is 21.5 Å². The minimum absolute atomic E-state index is 0.278. The molecule has 0 unspecified atom stereocenters. The lowest BCUT2D eigenvalue weighted by Gasteiger charge is -2.22. The van der Waals surface area contributed by atoms with Crippen LogP contribution in [0.3, 0.4) is 0 Å². The Kier molecular flexibility index (Phi) is 8.56. The third-order valence-corrected chi connectivity index (χ3v) is 6.20. The van der Waals surface area contributed by atoms with E-state index in [1.54, 1.807) is 42.5 Å². The maximum Gasteiger partial charge on any atom is 0.417 e. The molecule has 0 atom stereocenters. The first-order chi connectivity index (χ1) is 17.3. The largest absolute Gasteiger partial charge is 0.423 e. The number of hydrogen-bond acceptors (Lipinski definition) is 6. The summed E-state index contributed by atoms with van der Waals surface area (Å²) in [6.07, 6.45) is -2.83. The number of carbonyl (C=O) groups is 2. The number of anilines is 1. The van der Waals surface area contributed by atoms with Crippen molar-refractivity contribution in [1.29, 1.82) is 0 Å². The molecule has 0 aliphatic rings. The number of halogens is 4. The SMILES string of the molecule is CS(=O)(=O)N(CC(=O)N/N=C\c1ccc(OC(=O)c2ccccc2)cc1)c1ccc(Cl)c(C(F)(F)F)c1. The number of ether oxygens (including phenoxy) is 1. The molecule has 0 aliphatic carbocycles.